The highest BCUT2D eigenvalue weighted by molar-refractivity contribution is 7.99. The van der Waals surface area contributed by atoms with E-state index in [2.05, 4.69) is 9.97 Å². The van der Waals surface area contributed by atoms with Gasteiger partial charge < -0.3 is 9.30 Å². The average molecular weight is 419 g/mol. The molecular formula is C16H14ClF3N4O2S. The first-order valence-electron chi connectivity index (χ1n) is 7.69. The molecular weight excluding hydrogens is 405 g/mol. The number of alkyl halides is 3. The number of fused-ring (bicyclic) bond motifs is 1. The van der Waals surface area contributed by atoms with Crippen LogP contribution in [-0.4, -0.2) is 38.1 Å². The summed E-state index contributed by atoms with van der Waals surface area (Å²) in [6.45, 7) is 0. The highest BCUT2D eigenvalue weighted by Gasteiger charge is 2.27. The molecule has 0 aliphatic carbocycles. The molecule has 0 amide bonds. The van der Waals surface area contributed by atoms with Gasteiger partial charge in [-0.05, 0) is 12.1 Å². The predicted octanol–water partition coefficient (Wildman–Crippen LogP) is 3.83. The maximum absolute atomic E-state index is 12.9. The molecule has 11 heteroatoms. The zero-order valence-corrected chi connectivity index (χ0v) is 15.8. The van der Waals surface area contributed by atoms with Gasteiger partial charge in [-0.1, -0.05) is 23.4 Å². The topological polar surface area (TPSA) is 61.9 Å². The predicted molar refractivity (Wildman–Crippen MR) is 97.1 cm³/mol. The van der Waals surface area contributed by atoms with Crippen LogP contribution in [0.2, 0.25) is 5.02 Å². The molecule has 0 saturated carbocycles. The fourth-order valence-electron chi connectivity index (χ4n) is 2.41. The third kappa shape index (κ3) is 4.06. The monoisotopic (exact) mass is 418 g/mol. The summed E-state index contributed by atoms with van der Waals surface area (Å²) >= 11 is 6.87. The van der Waals surface area contributed by atoms with Crippen molar-refractivity contribution in [1.29, 1.82) is 0 Å². The van der Waals surface area contributed by atoms with Crippen LogP contribution in [0, 0.1) is 0 Å². The van der Waals surface area contributed by atoms with Crippen molar-refractivity contribution in [3.05, 3.63) is 39.9 Å². The zero-order chi connectivity index (χ0) is 19.8. The molecule has 3 rings (SSSR count). The second-order valence-corrected chi connectivity index (χ2v) is 7.06. The Labute approximate surface area is 160 Å². The number of ether oxygens (including phenoxy) is 1. The molecule has 3 aromatic rings. The van der Waals surface area contributed by atoms with Crippen molar-refractivity contribution in [2.75, 3.05) is 12.9 Å². The van der Waals surface area contributed by atoms with Crippen LogP contribution in [0.15, 0.2) is 34.5 Å². The molecule has 0 bridgehead atoms. The highest BCUT2D eigenvalue weighted by Crippen LogP contribution is 2.30. The van der Waals surface area contributed by atoms with E-state index in [-0.39, 0.29) is 16.4 Å². The van der Waals surface area contributed by atoms with Crippen LogP contribution in [0.1, 0.15) is 6.42 Å². The van der Waals surface area contributed by atoms with E-state index in [4.69, 9.17) is 16.3 Å². The zero-order valence-electron chi connectivity index (χ0n) is 14.2. The lowest BCUT2D eigenvalue weighted by Gasteiger charge is -2.14. The fraction of sp³-hybridized carbons (Fsp3) is 0.312. The molecule has 0 spiro atoms. The maximum atomic E-state index is 12.9. The van der Waals surface area contributed by atoms with E-state index in [1.165, 1.54) is 34.7 Å². The molecule has 1 aromatic carbocycles. The number of imidazole rings is 1. The fourth-order valence-corrected chi connectivity index (χ4v) is 3.59. The number of benzene rings is 1. The van der Waals surface area contributed by atoms with Gasteiger partial charge in [0.05, 0.1) is 30.6 Å². The molecule has 2 heterocycles. The number of aryl methyl sites for hydroxylation is 1. The van der Waals surface area contributed by atoms with Gasteiger partial charge in [0.15, 0.2) is 16.3 Å². The lowest BCUT2D eigenvalue weighted by Crippen LogP contribution is -2.22. The van der Waals surface area contributed by atoms with Gasteiger partial charge in [-0.3, -0.25) is 9.36 Å². The Morgan fingerprint density at radius 2 is 2.07 bits per heavy atom. The summed E-state index contributed by atoms with van der Waals surface area (Å²) in [5.41, 5.74) is 0.300. The van der Waals surface area contributed by atoms with Crippen LogP contribution in [-0.2, 0) is 7.05 Å². The molecule has 27 heavy (non-hydrogen) atoms. The number of methoxy groups -OCH3 is 1. The molecule has 0 saturated heterocycles. The van der Waals surface area contributed by atoms with Gasteiger partial charge in [0.2, 0.25) is 0 Å². The molecule has 0 aliphatic heterocycles. The van der Waals surface area contributed by atoms with E-state index in [1.54, 1.807) is 13.1 Å². The van der Waals surface area contributed by atoms with Crippen LogP contribution in [0.5, 0.6) is 5.75 Å². The molecule has 6 nitrogen and oxygen atoms in total. The molecule has 0 N–H and O–H groups in total. The van der Waals surface area contributed by atoms with Crippen molar-refractivity contribution >= 4 is 34.5 Å². The Bertz CT molecular complexity index is 1050. The second kappa shape index (κ2) is 7.43. The van der Waals surface area contributed by atoms with Gasteiger partial charge in [0.1, 0.15) is 5.75 Å². The number of halogens is 4. The number of thioether (sulfide) groups is 1. The van der Waals surface area contributed by atoms with E-state index in [1.807, 2.05) is 0 Å². The van der Waals surface area contributed by atoms with Crippen molar-refractivity contribution < 1.29 is 17.9 Å². The average Bonchev–Trinajstić information content (AvgIpc) is 2.96. The van der Waals surface area contributed by atoms with Crippen molar-refractivity contribution in [2.24, 2.45) is 7.05 Å². The number of nitrogens with zero attached hydrogens (tertiary/aromatic N) is 4. The maximum Gasteiger partial charge on any atom is 0.389 e. The van der Waals surface area contributed by atoms with E-state index < -0.39 is 18.2 Å². The first-order chi connectivity index (χ1) is 12.7. The Hall–Kier alpha value is -2.20. The number of aromatic nitrogens is 4. The Balaban J connectivity index is 2.15. The van der Waals surface area contributed by atoms with Gasteiger partial charge in [0.25, 0.3) is 5.56 Å². The first kappa shape index (κ1) is 19.6. The lowest BCUT2D eigenvalue weighted by molar-refractivity contribution is -0.129. The molecule has 0 atom stereocenters. The van der Waals surface area contributed by atoms with Crippen molar-refractivity contribution in [3.63, 3.8) is 0 Å². The second-order valence-electron chi connectivity index (χ2n) is 5.60. The minimum absolute atomic E-state index is 0.117. The first-order valence-corrected chi connectivity index (χ1v) is 9.05. The van der Waals surface area contributed by atoms with Crippen LogP contribution >= 0.6 is 23.4 Å². The third-order valence-electron chi connectivity index (χ3n) is 3.71. The molecule has 0 fully saturated rings. The third-order valence-corrected chi connectivity index (χ3v) is 4.97. The molecule has 0 aliphatic rings. The van der Waals surface area contributed by atoms with Crippen LogP contribution in [0.4, 0.5) is 13.2 Å². The SMILES string of the molecule is COc1cc(-n2c(SCCC(F)(F)F)nc3c(ncn3C)c2=O)ccc1Cl. The molecule has 0 radical (unpaired) electrons. The lowest BCUT2D eigenvalue weighted by atomic mass is 10.3. The summed E-state index contributed by atoms with van der Waals surface area (Å²) in [5.74, 6) is 0.0535. The van der Waals surface area contributed by atoms with E-state index in [0.717, 1.165) is 11.8 Å². The van der Waals surface area contributed by atoms with Crippen molar-refractivity contribution in [3.8, 4) is 11.4 Å². The molecule has 2 aromatic heterocycles. The normalized spacial score (nSPS) is 11.9. The van der Waals surface area contributed by atoms with Gasteiger partial charge in [0, 0.05) is 18.9 Å². The highest BCUT2D eigenvalue weighted by atomic mass is 35.5. The van der Waals surface area contributed by atoms with Crippen molar-refractivity contribution in [1.82, 2.24) is 19.1 Å². The smallest absolute Gasteiger partial charge is 0.389 e. The van der Waals surface area contributed by atoms with Gasteiger partial charge >= 0.3 is 6.18 Å². The molecule has 0 unspecified atom stereocenters. The summed E-state index contributed by atoms with van der Waals surface area (Å²) in [5, 5.41) is 0.470. The summed E-state index contributed by atoms with van der Waals surface area (Å²) < 4.78 is 45.5. The number of hydrogen-bond acceptors (Lipinski definition) is 5. The standard InChI is InChI=1S/C16H14ClF3N4O2S/c1-23-8-21-12-13(23)22-15(27-6-5-16(18,19)20)24(14(12)25)9-3-4-10(17)11(7-9)26-2/h3-4,7-8H,5-6H2,1-2H3. The minimum Gasteiger partial charge on any atom is -0.495 e. The Kier molecular flexibility index (Phi) is 5.38. The number of rotatable bonds is 5. The number of hydrogen-bond donors (Lipinski definition) is 0. The Morgan fingerprint density at radius 1 is 1.33 bits per heavy atom. The largest absolute Gasteiger partial charge is 0.495 e. The van der Waals surface area contributed by atoms with Crippen molar-refractivity contribution in [2.45, 2.75) is 17.8 Å². The van der Waals surface area contributed by atoms with Crippen LogP contribution < -0.4 is 10.3 Å². The molecule has 144 valence electrons. The summed E-state index contributed by atoms with van der Waals surface area (Å²) in [4.78, 5) is 21.3. The van der Waals surface area contributed by atoms with Crippen LogP contribution in [0.25, 0.3) is 16.9 Å². The van der Waals surface area contributed by atoms with Gasteiger partial charge in [-0.25, -0.2) is 9.97 Å². The summed E-state index contributed by atoms with van der Waals surface area (Å²) in [6, 6.07) is 4.62. The Morgan fingerprint density at radius 3 is 2.74 bits per heavy atom. The van der Waals surface area contributed by atoms with Gasteiger partial charge in [-0.2, -0.15) is 13.2 Å². The van der Waals surface area contributed by atoms with Crippen LogP contribution in [0.3, 0.4) is 0 Å². The summed E-state index contributed by atoms with van der Waals surface area (Å²) in [6.07, 6.45) is -3.87. The van der Waals surface area contributed by atoms with E-state index in [9.17, 15) is 18.0 Å². The van der Waals surface area contributed by atoms with Gasteiger partial charge in [-0.15, -0.1) is 0 Å². The van der Waals surface area contributed by atoms with E-state index >= 15 is 0 Å². The quantitative estimate of drug-likeness (QED) is 0.465. The summed E-state index contributed by atoms with van der Waals surface area (Å²) in [7, 11) is 3.08. The van der Waals surface area contributed by atoms with E-state index in [0.29, 0.717) is 22.1 Å². The minimum atomic E-state index is -4.29.